The second-order valence-electron chi connectivity index (χ2n) is 8.40. The fourth-order valence-electron chi connectivity index (χ4n) is 4.08. The standard InChI is InChI=1S/C24H29N3O4S2/c1-26(16-18-5-6-20-15-22(31-2)8-7-19(20)14-18)23(28)17-27-11-9-21(10-12-27)25-33(29,30)24-4-3-13-32-24/h3-8,13-15,21,25H,9-12,16-17H2,1-2H3. The predicted octanol–water partition coefficient (Wildman–Crippen LogP) is 3.31. The number of rotatable bonds is 8. The van der Waals surface area contributed by atoms with Gasteiger partial charge in [0.25, 0.3) is 0 Å². The van der Waals surface area contributed by atoms with Crippen molar-refractivity contribution in [1.29, 1.82) is 0 Å². The van der Waals surface area contributed by atoms with E-state index in [2.05, 4.69) is 15.7 Å². The van der Waals surface area contributed by atoms with Gasteiger partial charge in [0.1, 0.15) is 9.96 Å². The number of hydrogen-bond acceptors (Lipinski definition) is 6. The summed E-state index contributed by atoms with van der Waals surface area (Å²) in [5.41, 5.74) is 1.07. The van der Waals surface area contributed by atoms with E-state index in [-0.39, 0.29) is 11.9 Å². The van der Waals surface area contributed by atoms with Gasteiger partial charge in [0.2, 0.25) is 15.9 Å². The topological polar surface area (TPSA) is 79.0 Å². The van der Waals surface area contributed by atoms with Crippen molar-refractivity contribution >= 4 is 38.0 Å². The number of sulfonamides is 1. The van der Waals surface area contributed by atoms with Crippen molar-refractivity contribution in [1.82, 2.24) is 14.5 Å². The number of ether oxygens (including phenoxy) is 1. The van der Waals surface area contributed by atoms with Crippen LogP contribution in [0.1, 0.15) is 18.4 Å². The largest absolute Gasteiger partial charge is 0.497 e. The number of thiophene rings is 1. The Balaban J connectivity index is 1.27. The van der Waals surface area contributed by atoms with Gasteiger partial charge < -0.3 is 9.64 Å². The van der Waals surface area contributed by atoms with Crippen LogP contribution in [0, 0.1) is 0 Å². The molecule has 33 heavy (non-hydrogen) atoms. The lowest BCUT2D eigenvalue weighted by atomic mass is 10.1. The Morgan fingerprint density at radius 1 is 1.15 bits per heavy atom. The van der Waals surface area contributed by atoms with Gasteiger partial charge in [-0.05, 0) is 58.8 Å². The normalized spacial score (nSPS) is 15.6. The van der Waals surface area contributed by atoms with E-state index in [1.807, 2.05) is 37.4 Å². The van der Waals surface area contributed by atoms with Crippen molar-refractivity contribution in [2.45, 2.75) is 29.6 Å². The van der Waals surface area contributed by atoms with Gasteiger partial charge in [-0.1, -0.05) is 24.3 Å². The Hall–Kier alpha value is -2.46. The third-order valence-corrected chi connectivity index (χ3v) is 8.90. The van der Waals surface area contributed by atoms with Crippen LogP contribution in [0.15, 0.2) is 58.1 Å². The van der Waals surface area contributed by atoms with E-state index in [1.165, 1.54) is 11.3 Å². The molecule has 1 aliphatic heterocycles. The van der Waals surface area contributed by atoms with Crippen LogP contribution in [-0.4, -0.2) is 64.0 Å². The highest BCUT2D eigenvalue weighted by Crippen LogP contribution is 2.23. The molecule has 0 unspecified atom stereocenters. The first kappa shape index (κ1) is 23.7. The first-order valence-electron chi connectivity index (χ1n) is 10.9. The maximum Gasteiger partial charge on any atom is 0.250 e. The van der Waals surface area contributed by atoms with Crippen LogP contribution in [0.2, 0.25) is 0 Å². The third kappa shape index (κ3) is 5.92. The van der Waals surface area contributed by atoms with Crippen LogP contribution < -0.4 is 9.46 Å². The summed E-state index contributed by atoms with van der Waals surface area (Å²) >= 11 is 1.22. The third-order valence-electron chi connectivity index (χ3n) is 5.99. The van der Waals surface area contributed by atoms with Crippen LogP contribution in [0.4, 0.5) is 0 Å². The number of nitrogens with one attached hydrogen (secondary N) is 1. The molecule has 2 aromatic carbocycles. The van der Waals surface area contributed by atoms with Gasteiger partial charge in [-0.3, -0.25) is 9.69 Å². The van der Waals surface area contributed by atoms with Gasteiger partial charge in [-0.2, -0.15) is 0 Å². The molecule has 0 bridgehead atoms. The number of methoxy groups -OCH3 is 1. The maximum absolute atomic E-state index is 12.8. The Labute approximate surface area is 199 Å². The summed E-state index contributed by atoms with van der Waals surface area (Å²) in [6.45, 7) is 2.26. The molecule has 176 valence electrons. The minimum atomic E-state index is -3.46. The molecule has 3 aromatic rings. The van der Waals surface area contributed by atoms with Crippen molar-refractivity contribution < 1.29 is 17.9 Å². The Bertz CT molecular complexity index is 1200. The van der Waals surface area contributed by atoms with Crippen molar-refractivity contribution in [3.63, 3.8) is 0 Å². The molecular formula is C24H29N3O4S2. The molecule has 7 nitrogen and oxygen atoms in total. The number of likely N-dealkylation sites (N-methyl/N-ethyl adjacent to an activating group) is 1. The number of likely N-dealkylation sites (tertiary alicyclic amines) is 1. The van der Waals surface area contributed by atoms with E-state index in [4.69, 9.17) is 4.74 Å². The molecule has 4 rings (SSSR count). The second kappa shape index (κ2) is 10.2. The number of carbonyl (C=O) groups is 1. The highest BCUT2D eigenvalue weighted by atomic mass is 32.2. The van der Waals surface area contributed by atoms with Crippen molar-refractivity contribution in [3.8, 4) is 5.75 Å². The smallest absolute Gasteiger partial charge is 0.250 e. The lowest BCUT2D eigenvalue weighted by Crippen LogP contribution is -2.47. The fraction of sp³-hybridized carbons (Fsp3) is 0.375. The van der Waals surface area contributed by atoms with Gasteiger partial charge in [-0.15, -0.1) is 11.3 Å². The maximum atomic E-state index is 12.8. The fourth-order valence-corrected chi connectivity index (χ4v) is 6.39. The molecule has 0 atom stereocenters. The summed E-state index contributed by atoms with van der Waals surface area (Å²) in [5, 5.41) is 3.97. The van der Waals surface area contributed by atoms with Crippen LogP contribution in [0.5, 0.6) is 5.75 Å². The highest BCUT2D eigenvalue weighted by Gasteiger charge is 2.26. The molecular weight excluding hydrogens is 458 g/mol. The number of piperidine rings is 1. The van der Waals surface area contributed by atoms with E-state index >= 15 is 0 Å². The van der Waals surface area contributed by atoms with Crippen molar-refractivity contribution in [2.24, 2.45) is 0 Å². The average molecular weight is 488 g/mol. The SMILES string of the molecule is COc1ccc2cc(CN(C)C(=O)CN3CCC(NS(=O)(=O)c4cccs4)CC3)ccc2c1. The van der Waals surface area contributed by atoms with Gasteiger partial charge in [-0.25, -0.2) is 13.1 Å². The number of amides is 1. The predicted molar refractivity (Wildman–Crippen MR) is 131 cm³/mol. The van der Waals surface area contributed by atoms with Gasteiger partial charge in [0.05, 0.1) is 13.7 Å². The second-order valence-corrected chi connectivity index (χ2v) is 11.3. The quantitative estimate of drug-likeness (QED) is 0.527. The molecule has 2 heterocycles. The van der Waals surface area contributed by atoms with E-state index in [0.29, 0.717) is 43.2 Å². The number of nitrogens with zero attached hydrogens (tertiary/aromatic N) is 2. The van der Waals surface area contributed by atoms with E-state index in [1.54, 1.807) is 29.5 Å². The molecule has 1 fully saturated rings. The number of fused-ring (bicyclic) bond motifs is 1. The summed E-state index contributed by atoms with van der Waals surface area (Å²) < 4.78 is 33.3. The average Bonchev–Trinajstić information content (AvgIpc) is 3.36. The minimum absolute atomic E-state index is 0.0578. The molecule has 9 heteroatoms. The summed E-state index contributed by atoms with van der Waals surface area (Å²) in [4.78, 5) is 16.6. The molecule has 1 aliphatic rings. The Kier molecular flexibility index (Phi) is 7.33. The molecule has 1 N–H and O–H groups in total. The molecule has 0 radical (unpaired) electrons. The van der Waals surface area contributed by atoms with E-state index in [0.717, 1.165) is 22.1 Å². The highest BCUT2D eigenvalue weighted by molar-refractivity contribution is 7.91. The minimum Gasteiger partial charge on any atom is -0.497 e. The number of benzene rings is 2. The Morgan fingerprint density at radius 2 is 1.88 bits per heavy atom. The Morgan fingerprint density at radius 3 is 2.58 bits per heavy atom. The lowest BCUT2D eigenvalue weighted by molar-refractivity contribution is -0.131. The molecule has 1 aromatic heterocycles. The summed E-state index contributed by atoms with van der Waals surface area (Å²) in [5.74, 6) is 0.882. The summed E-state index contributed by atoms with van der Waals surface area (Å²) in [7, 11) is 0.0198. The van der Waals surface area contributed by atoms with Crippen LogP contribution in [0.25, 0.3) is 10.8 Å². The molecule has 0 saturated carbocycles. The summed E-state index contributed by atoms with van der Waals surface area (Å²) in [6.07, 6.45) is 1.38. The van der Waals surface area contributed by atoms with Gasteiger partial charge in [0, 0.05) is 32.7 Å². The summed E-state index contributed by atoms with van der Waals surface area (Å²) in [6, 6.07) is 15.4. The molecule has 1 saturated heterocycles. The van der Waals surface area contributed by atoms with E-state index in [9.17, 15) is 13.2 Å². The zero-order chi connectivity index (χ0) is 23.4. The van der Waals surface area contributed by atoms with Gasteiger partial charge in [0.15, 0.2) is 0 Å². The van der Waals surface area contributed by atoms with Crippen molar-refractivity contribution in [3.05, 3.63) is 59.5 Å². The number of hydrogen-bond donors (Lipinski definition) is 1. The first-order chi connectivity index (χ1) is 15.8. The van der Waals surface area contributed by atoms with Crippen LogP contribution >= 0.6 is 11.3 Å². The molecule has 0 spiro atoms. The molecule has 0 aliphatic carbocycles. The van der Waals surface area contributed by atoms with Crippen molar-refractivity contribution in [2.75, 3.05) is 33.8 Å². The van der Waals surface area contributed by atoms with Gasteiger partial charge >= 0.3 is 0 Å². The lowest BCUT2D eigenvalue weighted by Gasteiger charge is -2.32. The van der Waals surface area contributed by atoms with Crippen LogP contribution in [0.3, 0.4) is 0 Å². The van der Waals surface area contributed by atoms with Crippen LogP contribution in [-0.2, 0) is 21.4 Å². The number of carbonyl (C=O) groups excluding carboxylic acids is 1. The van der Waals surface area contributed by atoms with E-state index < -0.39 is 10.0 Å². The molecule has 1 amide bonds. The monoisotopic (exact) mass is 487 g/mol. The zero-order valence-electron chi connectivity index (χ0n) is 18.9. The first-order valence-corrected chi connectivity index (χ1v) is 13.3. The zero-order valence-corrected chi connectivity index (χ0v) is 20.5.